The van der Waals surface area contributed by atoms with Crippen molar-refractivity contribution in [2.75, 3.05) is 0 Å². The standard InChI is InChI=1S/C9H10FNO2/c10-9(11,8(12)13)6-7-4-2-1-3-5-7/h1-5H,6,11H2,(H,12,13)/t9-/m1/s1. The van der Waals surface area contributed by atoms with Crippen LogP contribution in [0.2, 0.25) is 0 Å². The summed E-state index contributed by atoms with van der Waals surface area (Å²) >= 11 is 0. The van der Waals surface area contributed by atoms with Crippen molar-refractivity contribution in [2.45, 2.75) is 12.2 Å². The van der Waals surface area contributed by atoms with Crippen molar-refractivity contribution in [1.82, 2.24) is 0 Å². The first-order valence-electron chi connectivity index (χ1n) is 3.77. The van der Waals surface area contributed by atoms with E-state index >= 15 is 0 Å². The van der Waals surface area contributed by atoms with Crippen LogP contribution in [0.4, 0.5) is 4.39 Å². The summed E-state index contributed by atoms with van der Waals surface area (Å²) in [6.07, 6.45) is -0.316. The number of nitrogens with two attached hydrogens (primary N) is 1. The van der Waals surface area contributed by atoms with Crippen molar-refractivity contribution < 1.29 is 14.3 Å². The zero-order chi connectivity index (χ0) is 9.90. The lowest BCUT2D eigenvalue weighted by Crippen LogP contribution is -2.45. The minimum absolute atomic E-state index is 0.316. The van der Waals surface area contributed by atoms with Crippen molar-refractivity contribution in [3.63, 3.8) is 0 Å². The Bertz CT molecular complexity index is 298. The first-order valence-corrected chi connectivity index (χ1v) is 3.77. The first kappa shape index (κ1) is 9.67. The molecule has 0 aliphatic rings. The van der Waals surface area contributed by atoms with Crippen LogP contribution >= 0.6 is 0 Å². The fraction of sp³-hybridized carbons (Fsp3) is 0.222. The average Bonchev–Trinajstić information content (AvgIpc) is 2.05. The lowest BCUT2D eigenvalue weighted by molar-refractivity contribution is -0.150. The second kappa shape index (κ2) is 3.53. The normalized spacial score (nSPS) is 14.9. The van der Waals surface area contributed by atoms with Crippen LogP contribution in [0.1, 0.15) is 5.56 Å². The Hall–Kier alpha value is -1.42. The van der Waals surface area contributed by atoms with Crippen LogP contribution in [-0.2, 0) is 11.2 Å². The fourth-order valence-corrected chi connectivity index (χ4v) is 0.969. The van der Waals surface area contributed by atoms with Gasteiger partial charge in [0.25, 0.3) is 5.79 Å². The Labute approximate surface area is 75.0 Å². The number of benzene rings is 1. The number of rotatable bonds is 3. The lowest BCUT2D eigenvalue weighted by Gasteiger charge is -2.14. The van der Waals surface area contributed by atoms with Gasteiger partial charge < -0.3 is 5.11 Å². The third-order valence-electron chi connectivity index (χ3n) is 1.66. The van der Waals surface area contributed by atoms with E-state index in [2.05, 4.69) is 0 Å². The van der Waals surface area contributed by atoms with Gasteiger partial charge in [-0.1, -0.05) is 30.3 Å². The van der Waals surface area contributed by atoms with Crippen molar-refractivity contribution in [3.8, 4) is 0 Å². The second-order valence-corrected chi connectivity index (χ2v) is 2.83. The van der Waals surface area contributed by atoms with Gasteiger partial charge >= 0.3 is 5.97 Å². The van der Waals surface area contributed by atoms with Crippen LogP contribution in [0.15, 0.2) is 30.3 Å². The van der Waals surface area contributed by atoms with E-state index in [4.69, 9.17) is 10.8 Å². The van der Waals surface area contributed by atoms with Crippen LogP contribution in [0.5, 0.6) is 0 Å². The van der Waals surface area contributed by atoms with Gasteiger partial charge in [0.1, 0.15) is 0 Å². The van der Waals surface area contributed by atoms with E-state index < -0.39 is 11.8 Å². The summed E-state index contributed by atoms with van der Waals surface area (Å²) in [5.41, 5.74) is 5.49. The molecule has 0 saturated carbocycles. The maximum absolute atomic E-state index is 13.1. The van der Waals surface area contributed by atoms with Gasteiger partial charge in [-0.25, -0.2) is 9.18 Å². The molecule has 1 rings (SSSR count). The Balaban J connectivity index is 2.75. The molecule has 4 heteroatoms. The fourth-order valence-electron chi connectivity index (χ4n) is 0.969. The summed E-state index contributed by atoms with van der Waals surface area (Å²) in [6, 6.07) is 8.43. The molecule has 0 radical (unpaired) electrons. The molecule has 3 N–H and O–H groups in total. The SMILES string of the molecule is N[C@](F)(Cc1ccccc1)C(=O)O. The molecule has 1 aromatic rings. The van der Waals surface area contributed by atoms with Gasteiger partial charge in [-0.2, -0.15) is 0 Å². The number of carboxylic acid groups (broad SMARTS) is 1. The highest BCUT2D eigenvalue weighted by atomic mass is 19.1. The molecule has 0 heterocycles. The molecule has 13 heavy (non-hydrogen) atoms. The first-order chi connectivity index (χ1) is 6.02. The predicted octanol–water partition coefficient (Wildman–Crippen LogP) is 0.938. The Morgan fingerprint density at radius 1 is 1.46 bits per heavy atom. The largest absolute Gasteiger partial charge is 0.478 e. The third-order valence-corrected chi connectivity index (χ3v) is 1.66. The van der Waals surface area contributed by atoms with E-state index in [1.54, 1.807) is 30.3 Å². The van der Waals surface area contributed by atoms with E-state index in [0.717, 1.165) is 0 Å². The summed E-state index contributed by atoms with van der Waals surface area (Å²) in [5, 5.41) is 8.40. The highest BCUT2D eigenvalue weighted by Gasteiger charge is 2.33. The van der Waals surface area contributed by atoms with Crippen molar-refractivity contribution >= 4 is 5.97 Å². The summed E-state index contributed by atoms with van der Waals surface area (Å²) < 4.78 is 13.1. The maximum atomic E-state index is 13.1. The monoisotopic (exact) mass is 183 g/mol. The van der Waals surface area contributed by atoms with Crippen molar-refractivity contribution in [3.05, 3.63) is 35.9 Å². The van der Waals surface area contributed by atoms with E-state index in [1.165, 1.54) is 0 Å². The topological polar surface area (TPSA) is 63.3 Å². The number of carboxylic acids is 1. The van der Waals surface area contributed by atoms with Gasteiger partial charge in [0.05, 0.1) is 0 Å². The summed E-state index contributed by atoms with van der Waals surface area (Å²) in [7, 11) is 0. The van der Waals surface area contributed by atoms with E-state index in [9.17, 15) is 9.18 Å². The molecule has 0 amide bonds. The summed E-state index contributed by atoms with van der Waals surface area (Å²) in [5.74, 6) is -4.32. The van der Waals surface area contributed by atoms with Crippen LogP contribution in [0, 0.1) is 0 Å². The van der Waals surface area contributed by atoms with Crippen molar-refractivity contribution in [2.24, 2.45) is 5.73 Å². The van der Waals surface area contributed by atoms with E-state index in [0.29, 0.717) is 5.56 Å². The average molecular weight is 183 g/mol. The molecule has 0 bridgehead atoms. The number of halogens is 1. The molecule has 0 aliphatic heterocycles. The zero-order valence-electron chi connectivity index (χ0n) is 6.90. The number of hydrogen-bond acceptors (Lipinski definition) is 2. The molecule has 0 fully saturated rings. The second-order valence-electron chi connectivity index (χ2n) is 2.83. The summed E-state index contributed by atoms with van der Waals surface area (Å²) in [4.78, 5) is 10.3. The molecule has 3 nitrogen and oxygen atoms in total. The van der Waals surface area contributed by atoms with E-state index in [-0.39, 0.29) is 6.42 Å². The van der Waals surface area contributed by atoms with E-state index in [1.807, 2.05) is 0 Å². The van der Waals surface area contributed by atoms with Gasteiger partial charge in [0.2, 0.25) is 0 Å². The lowest BCUT2D eigenvalue weighted by atomic mass is 10.1. The zero-order valence-corrected chi connectivity index (χ0v) is 6.90. The molecule has 1 aromatic carbocycles. The molecule has 0 spiro atoms. The molecule has 70 valence electrons. The van der Waals surface area contributed by atoms with Crippen molar-refractivity contribution in [1.29, 1.82) is 0 Å². The molecule has 0 unspecified atom stereocenters. The minimum Gasteiger partial charge on any atom is -0.478 e. The van der Waals surface area contributed by atoms with Gasteiger partial charge in [-0.3, -0.25) is 5.73 Å². The third kappa shape index (κ3) is 2.52. The van der Waals surface area contributed by atoms with Crippen LogP contribution in [0.25, 0.3) is 0 Å². The smallest absolute Gasteiger partial charge is 0.356 e. The number of hydrogen-bond donors (Lipinski definition) is 2. The van der Waals surface area contributed by atoms with Crippen LogP contribution < -0.4 is 5.73 Å². The van der Waals surface area contributed by atoms with Gasteiger partial charge in [0.15, 0.2) is 0 Å². The quantitative estimate of drug-likeness (QED) is 0.685. The molecule has 1 atom stereocenters. The number of carbonyl (C=O) groups is 1. The maximum Gasteiger partial charge on any atom is 0.356 e. The minimum atomic E-state index is -2.68. The molecule has 0 aromatic heterocycles. The van der Waals surface area contributed by atoms with Gasteiger partial charge in [-0.05, 0) is 5.56 Å². The molecular formula is C9H10FNO2. The molecular weight excluding hydrogens is 173 g/mol. The highest BCUT2D eigenvalue weighted by molar-refractivity contribution is 5.76. The highest BCUT2D eigenvalue weighted by Crippen LogP contribution is 2.12. The number of aliphatic carboxylic acids is 1. The Morgan fingerprint density at radius 2 is 2.00 bits per heavy atom. The van der Waals surface area contributed by atoms with Gasteiger partial charge in [0, 0.05) is 6.42 Å². The molecule has 0 saturated heterocycles. The predicted molar refractivity (Wildman–Crippen MR) is 45.8 cm³/mol. The van der Waals surface area contributed by atoms with Crippen LogP contribution in [-0.4, -0.2) is 16.9 Å². The Morgan fingerprint density at radius 3 is 2.46 bits per heavy atom. The Kier molecular flexibility index (Phi) is 2.63. The summed E-state index contributed by atoms with van der Waals surface area (Å²) in [6.45, 7) is 0. The van der Waals surface area contributed by atoms with Crippen LogP contribution in [0.3, 0.4) is 0 Å². The number of alkyl halides is 1. The van der Waals surface area contributed by atoms with Gasteiger partial charge in [-0.15, -0.1) is 0 Å². The molecule has 0 aliphatic carbocycles.